The number of fused-ring (bicyclic) bond motifs is 14. The van der Waals surface area contributed by atoms with Gasteiger partial charge in [-0.25, -0.2) is 5.43 Å². The summed E-state index contributed by atoms with van der Waals surface area (Å²) in [4.78, 5) is 53.6. The van der Waals surface area contributed by atoms with Crippen LogP contribution in [-0.4, -0.2) is 70.2 Å². The fourth-order valence-corrected chi connectivity index (χ4v) is 5.29. The fraction of sp³-hybridized carbons (Fsp3) is 0.455. The van der Waals surface area contributed by atoms with Crippen LogP contribution in [0.1, 0.15) is 62.8 Å². The fourth-order valence-electron chi connectivity index (χ4n) is 5.29. The van der Waals surface area contributed by atoms with Crippen molar-refractivity contribution >= 4 is 29.8 Å². The van der Waals surface area contributed by atoms with Crippen molar-refractivity contribution in [2.24, 2.45) is 11.8 Å². The van der Waals surface area contributed by atoms with Gasteiger partial charge in [0.15, 0.2) is 0 Å². The third-order valence-electron chi connectivity index (χ3n) is 7.95. The van der Waals surface area contributed by atoms with Gasteiger partial charge in [-0.3, -0.25) is 24.2 Å². The van der Waals surface area contributed by atoms with Gasteiger partial charge in [0.05, 0.1) is 18.6 Å². The van der Waals surface area contributed by atoms with E-state index in [2.05, 4.69) is 16.1 Å². The lowest BCUT2D eigenvalue weighted by Crippen LogP contribution is -2.62. The molecular weight excluding hydrogens is 564 g/mol. The van der Waals surface area contributed by atoms with Crippen molar-refractivity contribution in [3.8, 4) is 5.75 Å². The van der Waals surface area contributed by atoms with Gasteiger partial charge >= 0.3 is 5.97 Å². The van der Waals surface area contributed by atoms with E-state index in [1.54, 1.807) is 45.0 Å². The van der Waals surface area contributed by atoms with E-state index in [-0.39, 0.29) is 24.7 Å². The number of carbonyl (C=O) groups excluding carboxylic acids is 4. The number of esters is 1. The second-order valence-corrected chi connectivity index (χ2v) is 11.7. The summed E-state index contributed by atoms with van der Waals surface area (Å²) in [6, 6.07) is 10.7. The van der Waals surface area contributed by atoms with Crippen LogP contribution in [0.25, 0.3) is 6.08 Å². The number of nitrogens with one attached hydrogen (secondary N) is 3. The normalized spacial score (nSPS) is 25.9. The standard InChI is InChI=1S/C33H42N4O7/c1-20(2)28-31(41)34-27(19-23-9-6-10-25(38)18-23)32(42)37-16-7-11-26(36-37)33(43)44-17-5-4-8-22-12-14-24(15-13-22)29(39)21(3)30(40)35-28/h4,6,8-10,12-15,18,20-21,26-29,36,38-39H,5,7,11,16-17,19H2,1-3H3,(H,34,41)(H,35,40). The van der Waals surface area contributed by atoms with Gasteiger partial charge in [0, 0.05) is 13.0 Å². The molecule has 2 aromatic carbocycles. The minimum absolute atomic E-state index is 0.0166. The Labute approximate surface area is 257 Å². The first-order valence-corrected chi connectivity index (χ1v) is 15.1. The highest BCUT2D eigenvalue weighted by molar-refractivity contribution is 5.93. The lowest BCUT2D eigenvalue weighted by molar-refractivity contribution is -0.153. The molecule has 5 atom stereocenters. The number of rotatable bonds is 3. The van der Waals surface area contributed by atoms with Gasteiger partial charge in [-0.2, -0.15) is 0 Å². The van der Waals surface area contributed by atoms with Crippen molar-refractivity contribution < 1.29 is 34.1 Å². The summed E-state index contributed by atoms with van der Waals surface area (Å²) < 4.78 is 5.47. The van der Waals surface area contributed by atoms with Gasteiger partial charge in [-0.15, -0.1) is 0 Å². The van der Waals surface area contributed by atoms with Gasteiger partial charge in [0.25, 0.3) is 5.91 Å². The van der Waals surface area contributed by atoms with E-state index in [1.165, 1.54) is 17.1 Å². The molecule has 3 amide bonds. The van der Waals surface area contributed by atoms with Crippen LogP contribution in [0.5, 0.6) is 5.75 Å². The van der Waals surface area contributed by atoms with Crippen molar-refractivity contribution in [1.82, 2.24) is 21.1 Å². The molecule has 236 valence electrons. The zero-order chi connectivity index (χ0) is 31.8. The van der Waals surface area contributed by atoms with Crippen LogP contribution in [0, 0.1) is 11.8 Å². The van der Waals surface area contributed by atoms with Crippen LogP contribution in [-0.2, 0) is 30.3 Å². The quantitative estimate of drug-likeness (QED) is 0.334. The number of hydrazine groups is 1. The Morgan fingerprint density at radius 2 is 1.77 bits per heavy atom. The predicted octanol–water partition coefficient (Wildman–Crippen LogP) is 2.39. The molecule has 4 bridgehead atoms. The molecule has 2 aromatic rings. The molecule has 3 aliphatic heterocycles. The number of hydrogen-bond acceptors (Lipinski definition) is 8. The minimum Gasteiger partial charge on any atom is -0.508 e. The molecular formula is C33H42N4O7. The monoisotopic (exact) mass is 606 g/mol. The minimum atomic E-state index is -1.11. The smallest absolute Gasteiger partial charge is 0.324 e. The van der Waals surface area contributed by atoms with Crippen molar-refractivity contribution in [1.29, 1.82) is 0 Å². The third kappa shape index (κ3) is 8.45. The first kappa shape index (κ1) is 32.7. The molecule has 0 saturated carbocycles. The number of phenolic OH excluding ortho intramolecular Hbond substituents is 1. The maximum absolute atomic E-state index is 13.8. The number of phenols is 1. The number of aliphatic hydroxyl groups excluding tert-OH is 1. The van der Waals surface area contributed by atoms with Gasteiger partial charge in [-0.1, -0.05) is 69.3 Å². The molecule has 5 rings (SSSR count). The Hall–Kier alpha value is -4.22. The van der Waals surface area contributed by atoms with Crippen molar-refractivity contribution in [2.45, 2.75) is 70.7 Å². The number of aliphatic hydroxyl groups is 1. The lowest BCUT2D eigenvalue weighted by atomic mass is 9.94. The number of aromatic hydroxyl groups is 1. The molecule has 44 heavy (non-hydrogen) atoms. The number of ether oxygens (including phenoxy) is 1. The van der Waals surface area contributed by atoms with Gasteiger partial charge in [0.1, 0.15) is 23.9 Å². The van der Waals surface area contributed by atoms with Crippen LogP contribution < -0.4 is 16.1 Å². The second kappa shape index (κ2) is 15.0. The van der Waals surface area contributed by atoms with Crippen molar-refractivity contribution in [2.75, 3.05) is 13.2 Å². The molecule has 0 radical (unpaired) electrons. The van der Waals surface area contributed by atoms with E-state index in [0.29, 0.717) is 36.9 Å². The van der Waals surface area contributed by atoms with Crippen LogP contribution in [0.15, 0.2) is 54.6 Å². The molecule has 1 saturated heterocycles. The number of nitrogens with zero attached hydrogens (tertiary/aromatic N) is 1. The summed E-state index contributed by atoms with van der Waals surface area (Å²) in [7, 11) is 0. The molecule has 3 heterocycles. The highest BCUT2D eigenvalue weighted by Gasteiger charge is 2.36. The number of hydrogen-bond donors (Lipinski definition) is 5. The average molecular weight is 607 g/mol. The largest absolute Gasteiger partial charge is 0.508 e. The van der Waals surface area contributed by atoms with Gasteiger partial charge in [0.2, 0.25) is 11.8 Å². The van der Waals surface area contributed by atoms with E-state index in [0.717, 1.165) is 5.56 Å². The molecule has 0 aliphatic carbocycles. The first-order valence-electron chi connectivity index (χ1n) is 15.1. The van der Waals surface area contributed by atoms with E-state index in [1.807, 2.05) is 24.3 Å². The molecule has 0 spiro atoms. The summed E-state index contributed by atoms with van der Waals surface area (Å²) in [6.07, 6.45) is 4.22. The number of benzene rings is 2. The summed E-state index contributed by atoms with van der Waals surface area (Å²) in [5.74, 6) is -3.21. The Morgan fingerprint density at radius 1 is 1.02 bits per heavy atom. The molecule has 5 N–H and O–H groups in total. The summed E-state index contributed by atoms with van der Waals surface area (Å²) >= 11 is 0. The topological polar surface area (TPSA) is 157 Å². The Kier molecular flexibility index (Phi) is 11.1. The summed E-state index contributed by atoms with van der Waals surface area (Å²) in [6.45, 7) is 5.62. The molecule has 3 aliphatic rings. The second-order valence-electron chi connectivity index (χ2n) is 11.7. The van der Waals surface area contributed by atoms with Crippen LogP contribution in [0.3, 0.4) is 0 Å². The highest BCUT2D eigenvalue weighted by Crippen LogP contribution is 2.24. The number of amides is 3. The molecule has 5 unspecified atom stereocenters. The van der Waals surface area contributed by atoms with Gasteiger partial charge < -0.3 is 25.6 Å². The molecule has 0 aromatic heterocycles. The maximum Gasteiger partial charge on any atom is 0.324 e. The molecule has 11 heteroatoms. The average Bonchev–Trinajstić information content (AvgIpc) is 3.01. The van der Waals surface area contributed by atoms with Crippen LogP contribution >= 0.6 is 0 Å². The number of carbonyl (C=O) groups is 4. The van der Waals surface area contributed by atoms with Crippen molar-refractivity contribution in [3.63, 3.8) is 0 Å². The molecule has 1 fully saturated rings. The highest BCUT2D eigenvalue weighted by atomic mass is 16.5. The molecule has 11 nitrogen and oxygen atoms in total. The Balaban J connectivity index is 1.64. The lowest BCUT2D eigenvalue weighted by Gasteiger charge is -2.35. The van der Waals surface area contributed by atoms with Crippen LogP contribution in [0.4, 0.5) is 0 Å². The van der Waals surface area contributed by atoms with Gasteiger partial charge in [-0.05, 0) is 54.0 Å². The Bertz CT molecular complexity index is 1360. The maximum atomic E-state index is 13.8. The van der Waals surface area contributed by atoms with E-state index < -0.39 is 53.8 Å². The first-order chi connectivity index (χ1) is 21.0. The zero-order valence-corrected chi connectivity index (χ0v) is 25.4. The predicted molar refractivity (Wildman–Crippen MR) is 164 cm³/mol. The summed E-state index contributed by atoms with van der Waals surface area (Å²) in [5.41, 5.74) is 5.02. The SMILES string of the molecule is CC(C)C1NC(=O)C(C)C(O)c2ccc(cc2)C=CCCOC(=O)C2CCCN(N2)C(=O)C(Cc2cccc(O)c2)NC1=O. The summed E-state index contributed by atoms with van der Waals surface area (Å²) in [5, 5.41) is 27.9. The van der Waals surface area contributed by atoms with Crippen LogP contribution in [0.2, 0.25) is 0 Å². The third-order valence-corrected chi connectivity index (χ3v) is 7.95. The van der Waals surface area contributed by atoms with Crippen molar-refractivity contribution in [3.05, 3.63) is 71.3 Å². The van der Waals surface area contributed by atoms with E-state index >= 15 is 0 Å². The Morgan fingerprint density at radius 3 is 2.48 bits per heavy atom. The van der Waals surface area contributed by atoms with E-state index in [4.69, 9.17) is 4.74 Å². The zero-order valence-electron chi connectivity index (χ0n) is 25.4. The van der Waals surface area contributed by atoms with E-state index in [9.17, 15) is 29.4 Å².